The number of aromatic carboxylic acids is 1. The van der Waals surface area contributed by atoms with E-state index in [1.165, 1.54) is 6.07 Å². The van der Waals surface area contributed by atoms with E-state index in [4.69, 9.17) is 14.6 Å². The van der Waals surface area contributed by atoms with Crippen LogP contribution in [0.1, 0.15) is 36.2 Å². The van der Waals surface area contributed by atoms with Crippen LogP contribution >= 0.6 is 0 Å². The van der Waals surface area contributed by atoms with E-state index in [1.807, 2.05) is 13.8 Å². The average Bonchev–Trinajstić information content (AvgIpc) is 2.81. The van der Waals surface area contributed by atoms with Crippen molar-refractivity contribution in [1.82, 2.24) is 9.38 Å². The number of hydrogen-bond acceptors (Lipinski definition) is 4. The van der Waals surface area contributed by atoms with Gasteiger partial charge in [0, 0.05) is 25.6 Å². The SMILES string of the molecule is CCOC(OCC)c1cn2cccc(C(=O)O)c2n1. The quantitative estimate of drug-likeness (QED) is 0.809. The molecule has 0 amide bonds. The minimum Gasteiger partial charge on any atom is -0.478 e. The van der Waals surface area contributed by atoms with Gasteiger partial charge in [0.15, 0.2) is 5.65 Å². The number of aromatic nitrogens is 2. The summed E-state index contributed by atoms with van der Waals surface area (Å²) < 4.78 is 12.6. The molecule has 0 saturated carbocycles. The van der Waals surface area contributed by atoms with Crippen LogP contribution in [0.15, 0.2) is 24.5 Å². The van der Waals surface area contributed by atoms with Crippen molar-refractivity contribution >= 4 is 11.6 Å². The maximum absolute atomic E-state index is 11.1. The lowest BCUT2D eigenvalue weighted by atomic mass is 10.3. The molecule has 0 aromatic carbocycles. The van der Waals surface area contributed by atoms with Gasteiger partial charge in [0.25, 0.3) is 0 Å². The molecule has 0 aliphatic carbocycles. The maximum atomic E-state index is 11.1. The van der Waals surface area contributed by atoms with Gasteiger partial charge in [-0.05, 0) is 26.0 Å². The molecule has 2 aromatic rings. The number of fused-ring (bicyclic) bond motifs is 1. The summed E-state index contributed by atoms with van der Waals surface area (Å²) in [6.07, 6.45) is 2.89. The summed E-state index contributed by atoms with van der Waals surface area (Å²) >= 11 is 0. The zero-order valence-electron chi connectivity index (χ0n) is 10.9. The molecular formula is C13H16N2O4. The average molecular weight is 264 g/mol. The Balaban J connectivity index is 2.45. The third-order valence-corrected chi connectivity index (χ3v) is 2.61. The summed E-state index contributed by atoms with van der Waals surface area (Å²) in [6, 6.07) is 3.18. The van der Waals surface area contributed by atoms with Crippen LogP contribution < -0.4 is 0 Å². The molecular weight excluding hydrogens is 248 g/mol. The van der Waals surface area contributed by atoms with E-state index in [-0.39, 0.29) is 5.56 Å². The number of hydrogen-bond donors (Lipinski definition) is 1. The first kappa shape index (κ1) is 13.5. The summed E-state index contributed by atoms with van der Waals surface area (Å²) in [5, 5.41) is 9.12. The predicted molar refractivity (Wildman–Crippen MR) is 68.1 cm³/mol. The molecule has 0 atom stereocenters. The second-order valence-electron chi connectivity index (χ2n) is 3.87. The van der Waals surface area contributed by atoms with E-state index >= 15 is 0 Å². The summed E-state index contributed by atoms with van der Waals surface area (Å²) in [4.78, 5) is 15.4. The Morgan fingerprint density at radius 3 is 2.68 bits per heavy atom. The first-order valence-electron chi connectivity index (χ1n) is 6.11. The number of carbonyl (C=O) groups is 1. The topological polar surface area (TPSA) is 73.1 Å². The molecule has 0 aliphatic rings. The first-order chi connectivity index (χ1) is 9.17. The van der Waals surface area contributed by atoms with Crippen LogP contribution in [0.2, 0.25) is 0 Å². The molecule has 1 N–H and O–H groups in total. The number of rotatable bonds is 6. The van der Waals surface area contributed by atoms with Gasteiger partial charge in [0.2, 0.25) is 6.29 Å². The number of carboxylic acid groups (broad SMARTS) is 1. The monoisotopic (exact) mass is 264 g/mol. The lowest BCUT2D eigenvalue weighted by molar-refractivity contribution is -0.142. The van der Waals surface area contributed by atoms with Crippen molar-refractivity contribution in [2.45, 2.75) is 20.1 Å². The van der Waals surface area contributed by atoms with Crippen molar-refractivity contribution in [3.05, 3.63) is 35.8 Å². The molecule has 0 radical (unpaired) electrons. The third kappa shape index (κ3) is 2.74. The highest BCUT2D eigenvalue weighted by Crippen LogP contribution is 2.20. The molecule has 0 fully saturated rings. The Labute approximate surface area is 110 Å². The zero-order chi connectivity index (χ0) is 13.8. The van der Waals surface area contributed by atoms with Gasteiger partial charge in [0.05, 0.1) is 0 Å². The van der Waals surface area contributed by atoms with Crippen LogP contribution in [0.3, 0.4) is 0 Å². The number of ether oxygens (including phenoxy) is 2. The van der Waals surface area contributed by atoms with Crippen LogP contribution in [0.4, 0.5) is 0 Å². The molecule has 0 spiro atoms. The minimum atomic E-state index is -1.01. The lowest BCUT2D eigenvalue weighted by Crippen LogP contribution is -2.09. The molecule has 0 saturated heterocycles. The van der Waals surface area contributed by atoms with Crippen molar-refractivity contribution in [1.29, 1.82) is 0 Å². The van der Waals surface area contributed by atoms with Crippen molar-refractivity contribution in [3.8, 4) is 0 Å². The predicted octanol–water partition coefficient (Wildman–Crippen LogP) is 2.10. The lowest BCUT2D eigenvalue weighted by Gasteiger charge is -2.13. The Morgan fingerprint density at radius 1 is 1.42 bits per heavy atom. The van der Waals surface area contributed by atoms with Crippen LogP contribution in [0, 0.1) is 0 Å². The molecule has 6 nitrogen and oxygen atoms in total. The Hall–Kier alpha value is -1.92. The highest BCUT2D eigenvalue weighted by molar-refractivity contribution is 5.94. The zero-order valence-corrected chi connectivity index (χ0v) is 10.9. The van der Waals surface area contributed by atoms with Gasteiger partial charge < -0.3 is 19.0 Å². The first-order valence-corrected chi connectivity index (χ1v) is 6.11. The fraction of sp³-hybridized carbons (Fsp3) is 0.385. The van der Waals surface area contributed by atoms with Crippen molar-refractivity contribution in [2.75, 3.05) is 13.2 Å². The molecule has 0 aliphatic heterocycles. The standard InChI is InChI=1S/C13H16N2O4/c1-3-18-13(19-4-2)10-8-15-7-5-6-9(12(16)17)11(15)14-10/h5-8,13H,3-4H2,1-2H3,(H,16,17). The van der Waals surface area contributed by atoms with Crippen LogP contribution in [-0.2, 0) is 9.47 Å². The maximum Gasteiger partial charge on any atom is 0.339 e. The molecule has 102 valence electrons. The van der Waals surface area contributed by atoms with E-state index in [0.717, 1.165) is 0 Å². The summed E-state index contributed by atoms with van der Waals surface area (Å²) in [5.41, 5.74) is 1.10. The van der Waals surface area contributed by atoms with E-state index < -0.39 is 12.3 Å². The molecule has 0 bridgehead atoms. The smallest absolute Gasteiger partial charge is 0.339 e. The van der Waals surface area contributed by atoms with E-state index in [2.05, 4.69) is 4.98 Å². The Bertz CT molecular complexity index is 573. The number of pyridine rings is 1. The molecule has 2 rings (SSSR count). The van der Waals surface area contributed by atoms with Gasteiger partial charge in [-0.15, -0.1) is 0 Å². The Morgan fingerprint density at radius 2 is 2.11 bits per heavy atom. The van der Waals surface area contributed by atoms with E-state index in [0.29, 0.717) is 24.6 Å². The second kappa shape index (κ2) is 5.81. The van der Waals surface area contributed by atoms with Gasteiger partial charge in [0.1, 0.15) is 11.3 Å². The van der Waals surface area contributed by atoms with E-state index in [1.54, 1.807) is 22.9 Å². The van der Waals surface area contributed by atoms with Crippen LogP contribution in [0.25, 0.3) is 5.65 Å². The van der Waals surface area contributed by atoms with Gasteiger partial charge >= 0.3 is 5.97 Å². The summed E-state index contributed by atoms with van der Waals surface area (Å²) in [5.74, 6) is -1.01. The van der Waals surface area contributed by atoms with Crippen LogP contribution in [-0.4, -0.2) is 33.7 Å². The molecule has 2 heterocycles. The highest BCUT2D eigenvalue weighted by Gasteiger charge is 2.18. The fourth-order valence-electron chi connectivity index (χ4n) is 1.83. The Kier molecular flexibility index (Phi) is 4.13. The molecule has 19 heavy (non-hydrogen) atoms. The van der Waals surface area contributed by atoms with Gasteiger partial charge in [-0.2, -0.15) is 0 Å². The highest BCUT2D eigenvalue weighted by atomic mass is 16.7. The molecule has 6 heteroatoms. The normalized spacial score (nSPS) is 11.3. The van der Waals surface area contributed by atoms with Gasteiger partial charge in [-0.3, -0.25) is 0 Å². The largest absolute Gasteiger partial charge is 0.478 e. The number of nitrogens with zero attached hydrogens (tertiary/aromatic N) is 2. The van der Waals surface area contributed by atoms with Crippen molar-refractivity contribution in [2.24, 2.45) is 0 Å². The van der Waals surface area contributed by atoms with Gasteiger partial charge in [-0.1, -0.05) is 0 Å². The van der Waals surface area contributed by atoms with Crippen molar-refractivity contribution < 1.29 is 19.4 Å². The fourth-order valence-corrected chi connectivity index (χ4v) is 1.83. The summed E-state index contributed by atoms with van der Waals surface area (Å²) in [6.45, 7) is 4.71. The summed E-state index contributed by atoms with van der Waals surface area (Å²) in [7, 11) is 0. The number of carboxylic acids is 1. The second-order valence-corrected chi connectivity index (χ2v) is 3.87. The molecule has 2 aromatic heterocycles. The van der Waals surface area contributed by atoms with Crippen molar-refractivity contribution in [3.63, 3.8) is 0 Å². The van der Waals surface area contributed by atoms with Gasteiger partial charge in [-0.25, -0.2) is 9.78 Å². The molecule has 0 unspecified atom stereocenters. The van der Waals surface area contributed by atoms with E-state index in [9.17, 15) is 4.79 Å². The van der Waals surface area contributed by atoms with Crippen LogP contribution in [0.5, 0.6) is 0 Å². The minimum absolute atomic E-state index is 0.153. The number of imidazole rings is 1. The third-order valence-electron chi connectivity index (χ3n) is 2.61.